The van der Waals surface area contributed by atoms with Crippen LogP contribution < -0.4 is 16.3 Å². The van der Waals surface area contributed by atoms with Gasteiger partial charge in [-0.3, -0.25) is 9.59 Å². The monoisotopic (exact) mass is 500 g/mol. The Bertz CT molecular complexity index is 1640. The SMILES string of the molecule is O=C(/C=C/c1cc(O)ccc1O)Nc1ccc2oc(=O)c(NC(=O)/C=C/c3cc(O)ccc3O)cc2c1. The van der Waals surface area contributed by atoms with Gasteiger partial charge in [0, 0.05) is 34.4 Å². The summed E-state index contributed by atoms with van der Waals surface area (Å²) in [6, 6.07) is 13.7. The summed E-state index contributed by atoms with van der Waals surface area (Å²) in [4.78, 5) is 36.9. The summed E-state index contributed by atoms with van der Waals surface area (Å²) < 4.78 is 5.24. The molecule has 10 heteroatoms. The van der Waals surface area contributed by atoms with Gasteiger partial charge in [-0.2, -0.15) is 0 Å². The predicted molar refractivity (Wildman–Crippen MR) is 137 cm³/mol. The number of phenolic OH excluding ortho intramolecular Hbond substituents is 4. The number of carbonyl (C=O) groups is 2. The molecular weight excluding hydrogens is 480 g/mol. The highest BCUT2D eigenvalue weighted by molar-refractivity contribution is 6.04. The van der Waals surface area contributed by atoms with E-state index < -0.39 is 17.4 Å². The van der Waals surface area contributed by atoms with Crippen LogP contribution in [0.5, 0.6) is 23.0 Å². The van der Waals surface area contributed by atoms with Crippen molar-refractivity contribution in [3.8, 4) is 23.0 Å². The molecule has 0 aliphatic heterocycles. The zero-order valence-electron chi connectivity index (χ0n) is 19.0. The number of aromatic hydroxyl groups is 4. The zero-order valence-corrected chi connectivity index (χ0v) is 19.0. The zero-order chi connectivity index (χ0) is 26.5. The average molecular weight is 500 g/mol. The number of benzene rings is 3. The Labute approximate surface area is 209 Å². The minimum Gasteiger partial charge on any atom is -0.508 e. The standard InChI is InChI=1S/C27H20N2O8/c30-19-4-6-22(32)15(12-19)1-9-25(34)28-18-3-8-24-17(11-18)14-21(27(36)37-24)29-26(35)10-2-16-13-20(31)5-7-23(16)33/h1-14,30-33H,(H,28,34)(H,29,35)/b9-1+,10-2+. The molecule has 4 aromatic rings. The van der Waals surface area contributed by atoms with Crippen molar-refractivity contribution in [3.05, 3.63) is 94.4 Å². The summed E-state index contributed by atoms with van der Waals surface area (Å²) in [5.41, 5.74) is 0.109. The lowest BCUT2D eigenvalue weighted by molar-refractivity contribution is -0.112. The lowest BCUT2D eigenvalue weighted by Gasteiger charge is -2.06. The first kappa shape index (κ1) is 24.6. The van der Waals surface area contributed by atoms with Crippen LogP contribution in [0.3, 0.4) is 0 Å². The van der Waals surface area contributed by atoms with E-state index in [2.05, 4.69) is 10.6 Å². The molecule has 2 amide bonds. The fourth-order valence-electron chi connectivity index (χ4n) is 3.33. The molecule has 4 rings (SSSR count). The van der Waals surface area contributed by atoms with Crippen molar-refractivity contribution < 1.29 is 34.4 Å². The first-order valence-electron chi connectivity index (χ1n) is 10.8. The maximum Gasteiger partial charge on any atom is 0.360 e. The van der Waals surface area contributed by atoms with Gasteiger partial charge in [-0.1, -0.05) is 0 Å². The number of hydrogen-bond acceptors (Lipinski definition) is 8. The van der Waals surface area contributed by atoms with Crippen LogP contribution in [-0.2, 0) is 9.59 Å². The van der Waals surface area contributed by atoms with E-state index in [-0.39, 0.29) is 45.4 Å². The van der Waals surface area contributed by atoms with E-state index >= 15 is 0 Å². The maximum atomic E-state index is 12.3. The third-order valence-corrected chi connectivity index (χ3v) is 5.11. The Balaban J connectivity index is 1.49. The largest absolute Gasteiger partial charge is 0.508 e. The number of amides is 2. The molecule has 0 aliphatic rings. The van der Waals surface area contributed by atoms with Gasteiger partial charge in [-0.05, 0) is 72.8 Å². The van der Waals surface area contributed by atoms with E-state index in [0.717, 1.165) is 6.08 Å². The number of carbonyl (C=O) groups excluding carboxylic acids is 2. The van der Waals surface area contributed by atoms with Gasteiger partial charge in [-0.15, -0.1) is 0 Å². The molecule has 0 atom stereocenters. The van der Waals surface area contributed by atoms with Gasteiger partial charge in [0.05, 0.1) is 0 Å². The molecule has 3 aromatic carbocycles. The van der Waals surface area contributed by atoms with E-state index in [1.54, 1.807) is 0 Å². The second kappa shape index (κ2) is 10.4. The Hall–Kier alpha value is -5.51. The van der Waals surface area contributed by atoms with Crippen LogP contribution in [0.25, 0.3) is 23.1 Å². The molecule has 0 fully saturated rings. The first-order chi connectivity index (χ1) is 17.7. The Kier molecular flexibility index (Phi) is 6.92. The molecule has 1 heterocycles. The number of phenols is 4. The highest BCUT2D eigenvalue weighted by atomic mass is 16.4. The van der Waals surface area contributed by atoms with E-state index in [4.69, 9.17) is 4.42 Å². The van der Waals surface area contributed by atoms with Crippen molar-refractivity contribution in [1.29, 1.82) is 0 Å². The fourth-order valence-corrected chi connectivity index (χ4v) is 3.33. The molecule has 37 heavy (non-hydrogen) atoms. The topological polar surface area (TPSA) is 169 Å². The van der Waals surface area contributed by atoms with Gasteiger partial charge < -0.3 is 35.5 Å². The Morgan fingerprint density at radius 3 is 1.86 bits per heavy atom. The lowest BCUT2D eigenvalue weighted by Crippen LogP contribution is -2.15. The van der Waals surface area contributed by atoms with E-state index in [1.807, 2.05) is 0 Å². The molecule has 6 N–H and O–H groups in total. The van der Waals surface area contributed by atoms with Gasteiger partial charge in [0.25, 0.3) is 0 Å². The number of anilines is 2. The predicted octanol–water partition coefficient (Wildman–Crippen LogP) is 3.92. The number of nitrogens with one attached hydrogen (secondary N) is 2. The van der Waals surface area contributed by atoms with Gasteiger partial charge >= 0.3 is 5.63 Å². The van der Waals surface area contributed by atoms with Crippen molar-refractivity contribution in [2.24, 2.45) is 0 Å². The summed E-state index contributed by atoms with van der Waals surface area (Å²) in [6.07, 6.45) is 4.85. The highest BCUT2D eigenvalue weighted by Gasteiger charge is 2.10. The molecule has 0 saturated heterocycles. The van der Waals surface area contributed by atoms with Crippen LogP contribution in [0.4, 0.5) is 11.4 Å². The third kappa shape index (κ3) is 6.14. The van der Waals surface area contributed by atoms with E-state index in [1.165, 1.54) is 78.9 Å². The van der Waals surface area contributed by atoms with Crippen LogP contribution in [-0.4, -0.2) is 32.2 Å². The first-order valence-corrected chi connectivity index (χ1v) is 10.8. The summed E-state index contributed by atoms with van der Waals surface area (Å²) in [6.45, 7) is 0. The van der Waals surface area contributed by atoms with Crippen molar-refractivity contribution in [3.63, 3.8) is 0 Å². The van der Waals surface area contributed by atoms with Crippen LogP contribution in [0, 0.1) is 0 Å². The molecule has 0 saturated carbocycles. The Morgan fingerprint density at radius 1 is 0.703 bits per heavy atom. The number of hydrogen-bond donors (Lipinski definition) is 6. The minimum absolute atomic E-state index is 0.0650. The number of rotatable bonds is 6. The second-order valence-corrected chi connectivity index (χ2v) is 7.83. The molecule has 0 bridgehead atoms. The third-order valence-electron chi connectivity index (χ3n) is 5.11. The van der Waals surface area contributed by atoms with Crippen molar-refractivity contribution in [2.75, 3.05) is 10.6 Å². The van der Waals surface area contributed by atoms with Crippen LogP contribution in [0.1, 0.15) is 11.1 Å². The summed E-state index contributed by atoms with van der Waals surface area (Å²) >= 11 is 0. The molecule has 186 valence electrons. The molecule has 0 unspecified atom stereocenters. The van der Waals surface area contributed by atoms with Crippen LogP contribution in [0.15, 0.2) is 82.0 Å². The lowest BCUT2D eigenvalue weighted by atomic mass is 10.1. The fraction of sp³-hybridized carbons (Fsp3) is 0. The van der Waals surface area contributed by atoms with Crippen molar-refractivity contribution in [1.82, 2.24) is 0 Å². The molecular formula is C27H20N2O8. The normalized spacial score (nSPS) is 11.2. The van der Waals surface area contributed by atoms with Crippen molar-refractivity contribution >= 4 is 46.3 Å². The maximum absolute atomic E-state index is 12.3. The second-order valence-electron chi connectivity index (χ2n) is 7.83. The molecule has 0 radical (unpaired) electrons. The average Bonchev–Trinajstić information content (AvgIpc) is 2.86. The van der Waals surface area contributed by atoms with E-state index in [9.17, 15) is 34.8 Å². The Morgan fingerprint density at radius 2 is 1.27 bits per heavy atom. The number of fused-ring (bicyclic) bond motifs is 1. The molecule has 0 aliphatic carbocycles. The van der Waals surface area contributed by atoms with E-state index in [0.29, 0.717) is 11.1 Å². The summed E-state index contributed by atoms with van der Waals surface area (Å²) in [5, 5.41) is 44.0. The quantitative estimate of drug-likeness (QED) is 0.131. The van der Waals surface area contributed by atoms with Gasteiger partial charge in [0.2, 0.25) is 11.8 Å². The molecule has 10 nitrogen and oxygen atoms in total. The smallest absolute Gasteiger partial charge is 0.360 e. The van der Waals surface area contributed by atoms with Gasteiger partial charge in [-0.25, -0.2) is 4.79 Å². The summed E-state index contributed by atoms with van der Waals surface area (Å²) in [5.74, 6) is -1.61. The van der Waals surface area contributed by atoms with Gasteiger partial charge in [0.15, 0.2) is 0 Å². The van der Waals surface area contributed by atoms with Crippen LogP contribution >= 0.6 is 0 Å². The summed E-state index contributed by atoms with van der Waals surface area (Å²) in [7, 11) is 0. The van der Waals surface area contributed by atoms with Gasteiger partial charge in [0.1, 0.15) is 34.3 Å². The van der Waals surface area contributed by atoms with Crippen molar-refractivity contribution in [2.45, 2.75) is 0 Å². The molecule has 0 spiro atoms. The molecule has 1 aromatic heterocycles. The highest BCUT2D eigenvalue weighted by Crippen LogP contribution is 2.25. The minimum atomic E-state index is -0.792. The van der Waals surface area contributed by atoms with Crippen LogP contribution in [0.2, 0.25) is 0 Å².